The first-order valence-corrected chi connectivity index (χ1v) is 6.38. The third kappa shape index (κ3) is 4.08. The molecule has 2 nitrogen and oxygen atoms in total. The summed E-state index contributed by atoms with van der Waals surface area (Å²) in [5.74, 6) is -0.302. The van der Waals surface area contributed by atoms with Gasteiger partial charge in [-0.15, -0.1) is 0 Å². The van der Waals surface area contributed by atoms with Gasteiger partial charge in [0.15, 0.2) is 5.78 Å². The van der Waals surface area contributed by atoms with Crippen molar-refractivity contribution in [2.75, 3.05) is 11.9 Å². The highest BCUT2D eigenvalue weighted by Crippen LogP contribution is 2.23. The van der Waals surface area contributed by atoms with E-state index in [0.29, 0.717) is 5.56 Å². The van der Waals surface area contributed by atoms with Crippen LogP contribution in [0.25, 0.3) is 0 Å². The van der Waals surface area contributed by atoms with Gasteiger partial charge in [-0.25, -0.2) is 0 Å². The molecule has 5 heteroatoms. The maximum absolute atomic E-state index is 12.4. The van der Waals surface area contributed by atoms with Gasteiger partial charge in [-0.05, 0) is 19.1 Å². The van der Waals surface area contributed by atoms with E-state index in [0.717, 1.165) is 5.56 Å². The van der Waals surface area contributed by atoms with Crippen molar-refractivity contribution in [2.45, 2.75) is 13.1 Å². The highest BCUT2D eigenvalue weighted by molar-refractivity contribution is 6.12. The zero-order valence-corrected chi connectivity index (χ0v) is 11.4. The molecule has 21 heavy (non-hydrogen) atoms. The molecular formula is C16H14F3NO. The van der Waals surface area contributed by atoms with E-state index in [9.17, 15) is 18.0 Å². The van der Waals surface area contributed by atoms with Gasteiger partial charge in [0.05, 0.1) is 0 Å². The van der Waals surface area contributed by atoms with Gasteiger partial charge >= 0.3 is 6.18 Å². The predicted molar refractivity (Wildman–Crippen MR) is 75.6 cm³/mol. The van der Waals surface area contributed by atoms with Crippen LogP contribution in [0, 0.1) is 6.92 Å². The number of anilines is 1. The zero-order chi connectivity index (χ0) is 15.5. The third-order valence-electron chi connectivity index (χ3n) is 2.93. The number of carbonyl (C=O) groups is 1. The number of aryl methyl sites for hydroxylation is 1. The summed E-state index contributed by atoms with van der Waals surface area (Å²) in [7, 11) is 0. The summed E-state index contributed by atoms with van der Waals surface area (Å²) in [6, 6.07) is 13.2. The van der Waals surface area contributed by atoms with Crippen molar-refractivity contribution in [1.82, 2.24) is 0 Å². The van der Waals surface area contributed by atoms with Crippen molar-refractivity contribution in [1.29, 1.82) is 0 Å². The van der Waals surface area contributed by atoms with Crippen LogP contribution in [0.1, 0.15) is 21.5 Å². The lowest BCUT2D eigenvalue weighted by atomic mass is 10.00. The summed E-state index contributed by atoms with van der Waals surface area (Å²) in [5, 5.41) is 2.29. The average Bonchev–Trinajstić information content (AvgIpc) is 2.45. The van der Waals surface area contributed by atoms with Crippen molar-refractivity contribution in [3.8, 4) is 0 Å². The molecular weight excluding hydrogens is 279 g/mol. The second kappa shape index (κ2) is 5.99. The lowest BCUT2D eigenvalue weighted by molar-refractivity contribution is -0.115. The number of benzene rings is 2. The van der Waals surface area contributed by atoms with Crippen molar-refractivity contribution < 1.29 is 18.0 Å². The molecule has 2 aromatic carbocycles. The molecule has 0 aliphatic rings. The first kappa shape index (κ1) is 15.1. The van der Waals surface area contributed by atoms with Gasteiger partial charge in [0.1, 0.15) is 6.54 Å². The second-order valence-corrected chi connectivity index (χ2v) is 4.71. The quantitative estimate of drug-likeness (QED) is 0.856. The number of hydrogen-bond donors (Lipinski definition) is 1. The molecule has 0 aromatic heterocycles. The van der Waals surface area contributed by atoms with Gasteiger partial charge in [-0.3, -0.25) is 4.79 Å². The summed E-state index contributed by atoms with van der Waals surface area (Å²) in [5.41, 5.74) is 1.68. The Balaban J connectivity index is 2.33. The van der Waals surface area contributed by atoms with Gasteiger partial charge in [0.2, 0.25) is 0 Å². The van der Waals surface area contributed by atoms with Crippen LogP contribution in [-0.4, -0.2) is 18.5 Å². The predicted octanol–water partition coefficient (Wildman–Crippen LogP) is 4.20. The number of ketones is 1. The summed E-state index contributed by atoms with van der Waals surface area (Å²) in [6.45, 7) is 0.612. The third-order valence-corrected chi connectivity index (χ3v) is 2.93. The minimum Gasteiger partial charge on any atom is -0.376 e. The molecule has 1 N–H and O–H groups in total. The Morgan fingerprint density at radius 3 is 2.38 bits per heavy atom. The molecule has 0 heterocycles. The van der Waals surface area contributed by atoms with Crippen LogP contribution in [0.5, 0.6) is 0 Å². The normalized spacial score (nSPS) is 11.2. The Bertz CT molecular complexity index is 636. The van der Waals surface area contributed by atoms with Crippen molar-refractivity contribution in [3.63, 3.8) is 0 Å². The van der Waals surface area contributed by atoms with Crippen molar-refractivity contribution in [2.24, 2.45) is 0 Å². The van der Waals surface area contributed by atoms with Crippen LogP contribution in [0.15, 0.2) is 48.5 Å². The van der Waals surface area contributed by atoms with Gasteiger partial charge in [-0.1, -0.05) is 42.0 Å². The number of carbonyl (C=O) groups excluding carboxylic acids is 1. The lowest BCUT2D eigenvalue weighted by Crippen LogP contribution is -2.22. The first-order chi connectivity index (χ1) is 9.87. The number of rotatable bonds is 4. The summed E-state index contributed by atoms with van der Waals surface area (Å²) < 4.78 is 37.0. The zero-order valence-electron chi connectivity index (χ0n) is 11.4. The van der Waals surface area contributed by atoms with E-state index in [1.807, 2.05) is 0 Å². The number of nitrogens with one attached hydrogen (secondary N) is 1. The van der Waals surface area contributed by atoms with E-state index in [1.165, 1.54) is 6.07 Å². The first-order valence-electron chi connectivity index (χ1n) is 6.38. The molecule has 0 amide bonds. The molecule has 2 aromatic rings. The largest absolute Gasteiger partial charge is 0.405 e. The Morgan fingerprint density at radius 1 is 1.10 bits per heavy atom. The topological polar surface area (TPSA) is 29.1 Å². The van der Waals surface area contributed by atoms with Crippen LogP contribution in [-0.2, 0) is 0 Å². The molecule has 0 saturated carbocycles. The van der Waals surface area contributed by atoms with E-state index in [1.54, 1.807) is 49.4 Å². The fourth-order valence-electron chi connectivity index (χ4n) is 1.94. The smallest absolute Gasteiger partial charge is 0.376 e. The molecule has 2 rings (SSSR count). The Labute approximate surface area is 120 Å². The van der Waals surface area contributed by atoms with E-state index in [-0.39, 0.29) is 17.0 Å². The SMILES string of the molecule is Cc1ccc(NCC(F)(F)F)c(C(=O)c2ccccc2)c1. The minimum atomic E-state index is -4.34. The van der Waals surface area contributed by atoms with Gasteiger partial charge < -0.3 is 5.32 Å². The van der Waals surface area contributed by atoms with E-state index in [4.69, 9.17) is 0 Å². The Kier molecular flexibility index (Phi) is 4.31. The van der Waals surface area contributed by atoms with Gasteiger partial charge in [0, 0.05) is 16.8 Å². The van der Waals surface area contributed by atoms with Gasteiger partial charge in [-0.2, -0.15) is 13.2 Å². The molecule has 0 aliphatic carbocycles. The monoisotopic (exact) mass is 293 g/mol. The fourth-order valence-corrected chi connectivity index (χ4v) is 1.94. The summed E-state index contributed by atoms with van der Waals surface area (Å²) >= 11 is 0. The van der Waals surface area contributed by atoms with Crippen molar-refractivity contribution in [3.05, 3.63) is 65.2 Å². The molecule has 0 atom stereocenters. The van der Waals surface area contributed by atoms with E-state index >= 15 is 0 Å². The van der Waals surface area contributed by atoms with Crippen LogP contribution >= 0.6 is 0 Å². The highest BCUT2D eigenvalue weighted by Gasteiger charge is 2.27. The molecule has 110 valence electrons. The molecule has 0 bridgehead atoms. The summed E-state index contributed by atoms with van der Waals surface area (Å²) in [4.78, 5) is 12.4. The Hall–Kier alpha value is -2.30. The molecule has 0 radical (unpaired) electrons. The number of alkyl halides is 3. The average molecular weight is 293 g/mol. The molecule has 0 fully saturated rings. The standard InChI is InChI=1S/C16H14F3NO/c1-11-7-8-14(20-10-16(17,18)19)13(9-11)15(21)12-5-3-2-4-6-12/h2-9,20H,10H2,1H3. The highest BCUT2D eigenvalue weighted by atomic mass is 19.4. The van der Waals surface area contributed by atoms with Crippen LogP contribution in [0.2, 0.25) is 0 Å². The van der Waals surface area contributed by atoms with Crippen LogP contribution in [0.3, 0.4) is 0 Å². The Morgan fingerprint density at radius 2 is 1.76 bits per heavy atom. The minimum absolute atomic E-state index is 0.187. The number of hydrogen-bond acceptors (Lipinski definition) is 2. The lowest BCUT2D eigenvalue weighted by Gasteiger charge is -2.14. The molecule has 0 spiro atoms. The maximum Gasteiger partial charge on any atom is 0.405 e. The fraction of sp³-hybridized carbons (Fsp3) is 0.188. The van der Waals surface area contributed by atoms with Crippen LogP contribution < -0.4 is 5.32 Å². The molecule has 0 saturated heterocycles. The van der Waals surface area contributed by atoms with Gasteiger partial charge in [0.25, 0.3) is 0 Å². The van der Waals surface area contributed by atoms with E-state index in [2.05, 4.69) is 5.32 Å². The molecule has 0 unspecified atom stereocenters. The molecule has 0 aliphatic heterocycles. The summed E-state index contributed by atoms with van der Waals surface area (Å²) in [6.07, 6.45) is -4.34. The maximum atomic E-state index is 12.4. The van der Waals surface area contributed by atoms with Crippen molar-refractivity contribution >= 4 is 11.5 Å². The van der Waals surface area contributed by atoms with E-state index < -0.39 is 12.7 Å². The van der Waals surface area contributed by atoms with Crippen LogP contribution in [0.4, 0.5) is 18.9 Å². The second-order valence-electron chi connectivity index (χ2n) is 4.71. The number of halogens is 3.